The number of benzene rings is 1. The minimum absolute atomic E-state index is 0.0108. The molecule has 1 aromatic rings. The number of carbonyl (C=O) groups excluding carboxylic acids is 2. The van der Waals surface area contributed by atoms with Crippen LogP contribution in [0, 0.1) is 5.41 Å². The molecular formula is C25H38N4O3. The van der Waals surface area contributed by atoms with Gasteiger partial charge in [-0.25, -0.2) is 0 Å². The molecule has 3 saturated heterocycles. The predicted octanol–water partition coefficient (Wildman–Crippen LogP) is 2.19. The molecule has 4 rings (SSSR count). The number of para-hydroxylation sites is 1. The van der Waals surface area contributed by atoms with E-state index in [0.29, 0.717) is 31.7 Å². The monoisotopic (exact) mass is 442 g/mol. The van der Waals surface area contributed by atoms with Crippen LogP contribution in [-0.2, 0) is 16.1 Å². The maximum absolute atomic E-state index is 13.3. The van der Waals surface area contributed by atoms with E-state index < -0.39 is 5.54 Å². The second-order valence-electron chi connectivity index (χ2n) is 11.3. The lowest BCUT2D eigenvalue weighted by molar-refractivity contribution is -0.135. The summed E-state index contributed by atoms with van der Waals surface area (Å²) >= 11 is 0. The molecule has 1 spiro atoms. The van der Waals surface area contributed by atoms with E-state index >= 15 is 0 Å². The van der Waals surface area contributed by atoms with Crippen molar-refractivity contribution in [1.82, 2.24) is 20.0 Å². The van der Waals surface area contributed by atoms with E-state index in [4.69, 9.17) is 0 Å². The number of nitrogens with one attached hydrogen (secondary N) is 1. The van der Waals surface area contributed by atoms with Crippen LogP contribution in [0.25, 0.3) is 0 Å². The molecule has 2 N–H and O–H groups in total. The van der Waals surface area contributed by atoms with Gasteiger partial charge < -0.3 is 20.2 Å². The van der Waals surface area contributed by atoms with Crippen molar-refractivity contribution in [2.45, 2.75) is 70.6 Å². The van der Waals surface area contributed by atoms with Crippen molar-refractivity contribution in [1.29, 1.82) is 0 Å². The third-order valence-electron chi connectivity index (χ3n) is 7.33. The number of hydrogen-bond donors (Lipinski definition) is 2. The zero-order chi connectivity index (χ0) is 23.1. The van der Waals surface area contributed by atoms with Crippen LogP contribution in [0.3, 0.4) is 0 Å². The van der Waals surface area contributed by atoms with Crippen LogP contribution in [0.2, 0.25) is 0 Å². The number of aromatic hydroxyl groups is 1. The first-order valence-corrected chi connectivity index (χ1v) is 11.9. The summed E-state index contributed by atoms with van der Waals surface area (Å²) in [7, 11) is 2.10. The molecule has 3 aliphatic rings. The van der Waals surface area contributed by atoms with E-state index in [1.54, 1.807) is 6.07 Å². The molecule has 32 heavy (non-hydrogen) atoms. The van der Waals surface area contributed by atoms with E-state index in [-0.39, 0.29) is 29.3 Å². The molecule has 0 bridgehead atoms. The van der Waals surface area contributed by atoms with Gasteiger partial charge >= 0.3 is 0 Å². The largest absolute Gasteiger partial charge is 0.508 e. The smallest absolute Gasteiger partial charge is 0.243 e. The Kier molecular flexibility index (Phi) is 6.25. The van der Waals surface area contributed by atoms with E-state index in [2.05, 4.69) is 42.9 Å². The number of hydrogen-bond acceptors (Lipinski definition) is 5. The van der Waals surface area contributed by atoms with Crippen LogP contribution in [0.5, 0.6) is 5.75 Å². The average Bonchev–Trinajstić information content (AvgIpc) is 3.13. The van der Waals surface area contributed by atoms with Gasteiger partial charge in [-0.05, 0) is 37.8 Å². The number of likely N-dealkylation sites (N-methyl/N-ethyl adjacent to an activating group) is 1. The Balaban J connectivity index is 1.38. The Morgan fingerprint density at radius 2 is 1.88 bits per heavy atom. The number of nitrogens with zero attached hydrogens (tertiary/aromatic N) is 3. The number of amides is 2. The maximum Gasteiger partial charge on any atom is 0.243 e. The van der Waals surface area contributed by atoms with E-state index in [0.717, 1.165) is 38.0 Å². The fourth-order valence-electron chi connectivity index (χ4n) is 5.64. The Labute approximate surface area is 191 Å². The Bertz CT molecular complexity index is 829. The van der Waals surface area contributed by atoms with Crippen LogP contribution in [0.15, 0.2) is 24.3 Å². The van der Waals surface area contributed by atoms with Crippen molar-refractivity contribution in [2.24, 2.45) is 5.41 Å². The number of rotatable bonds is 4. The van der Waals surface area contributed by atoms with E-state index in [1.807, 2.05) is 23.1 Å². The van der Waals surface area contributed by atoms with Crippen LogP contribution >= 0.6 is 0 Å². The van der Waals surface area contributed by atoms with E-state index in [9.17, 15) is 14.7 Å². The molecule has 7 nitrogen and oxygen atoms in total. The molecule has 0 saturated carbocycles. The normalized spacial score (nSPS) is 26.3. The number of piperidine rings is 1. The summed E-state index contributed by atoms with van der Waals surface area (Å²) in [4.78, 5) is 32.9. The van der Waals surface area contributed by atoms with Gasteiger partial charge in [0.25, 0.3) is 0 Å². The SMILES string of the molecule is CN(CC(C)(C)C)[C@H]1C[C@H]2C(=O)NC3(CCN(Cc4ccccc4O)CC3)CC(=O)N2C1. The molecule has 3 aliphatic heterocycles. The first-order valence-electron chi connectivity index (χ1n) is 11.9. The van der Waals surface area contributed by atoms with Gasteiger partial charge in [-0.15, -0.1) is 0 Å². The summed E-state index contributed by atoms with van der Waals surface area (Å²) < 4.78 is 0. The lowest BCUT2D eigenvalue weighted by Gasteiger charge is -2.41. The molecule has 3 fully saturated rings. The third kappa shape index (κ3) is 4.94. The zero-order valence-electron chi connectivity index (χ0n) is 19.9. The van der Waals surface area contributed by atoms with E-state index in [1.165, 1.54) is 0 Å². The van der Waals surface area contributed by atoms with Gasteiger partial charge in [-0.1, -0.05) is 39.0 Å². The van der Waals surface area contributed by atoms with Gasteiger partial charge in [0.1, 0.15) is 11.8 Å². The summed E-state index contributed by atoms with van der Waals surface area (Å²) in [5.41, 5.74) is 0.645. The van der Waals surface area contributed by atoms with Crippen molar-refractivity contribution >= 4 is 11.8 Å². The lowest BCUT2D eigenvalue weighted by atomic mass is 9.83. The molecular weight excluding hydrogens is 404 g/mol. The third-order valence-corrected chi connectivity index (χ3v) is 7.33. The summed E-state index contributed by atoms with van der Waals surface area (Å²) in [6.07, 6.45) is 2.60. The maximum atomic E-state index is 13.3. The molecule has 176 valence electrons. The van der Waals surface area contributed by atoms with Gasteiger partial charge in [-0.3, -0.25) is 14.5 Å². The highest BCUT2D eigenvalue weighted by Gasteiger charge is 2.49. The summed E-state index contributed by atoms with van der Waals surface area (Å²) in [5, 5.41) is 13.4. The van der Waals surface area contributed by atoms with Crippen molar-refractivity contribution in [3.05, 3.63) is 29.8 Å². The van der Waals surface area contributed by atoms with Crippen LogP contribution in [-0.4, -0.2) is 82.5 Å². The van der Waals surface area contributed by atoms with Crippen LogP contribution < -0.4 is 5.32 Å². The number of likely N-dealkylation sites (tertiary alicyclic amines) is 1. The first-order chi connectivity index (χ1) is 15.1. The second-order valence-corrected chi connectivity index (χ2v) is 11.3. The topological polar surface area (TPSA) is 76.1 Å². The van der Waals surface area contributed by atoms with Gasteiger partial charge in [0.15, 0.2) is 0 Å². The standard InChI is InChI=1S/C25H38N4O3/c1-24(2,3)17-27(4)19-13-20-23(32)26-25(14-22(31)29(20)16-19)9-11-28(12-10-25)15-18-7-5-6-8-21(18)30/h5-8,19-20,30H,9-17H2,1-4H3,(H,26,32)/t19-,20-/m0/s1. The Hall–Kier alpha value is -2.12. The summed E-state index contributed by atoms with van der Waals surface area (Å²) in [6.45, 7) is 10.5. The summed E-state index contributed by atoms with van der Waals surface area (Å²) in [6, 6.07) is 7.29. The average molecular weight is 443 g/mol. The number of carbonyl (C=O) groups is 2. The van der Waals surface area contributed by atoms with Crippen molar-refractivity contribution in [2.75, 3.05) is 33.2 Å². The molecule has 3 heterocycles. The lowest BCUT2D eigenvalue weighted by Crippen LogP contribution is -2.56. The first kappa shape index (κ1) is 23.1. The predicted molar refractivity (Wildman–Crippen MR) is 124 cm³/mol. The molecule has 1 aromatic carbocycles. The molecule has 2 atom stereocenters. The highest BCUT2D eigenvalue weighted by Crippen LogP contribution is 2.34. The quantitative estimate of drug-likeness (QED) is 0.748. The molecule has 0 radical (unpaired) electrons. The number of fused-ring (bicyclic) bond motifs is 1. The fraction of sp³-hybridized carbons (Fsp3) is 0.680. The number of phenols is 1. The van der Waals surface area contributed by atoms with Crippen molar-refractivity contribution < 1.29 is 14.7 Å². The van der Waals surface area contributed by atoms with Crippen LogP contribution in [0.4, 0.5) is 0 Å². The van der Waals surface area contributed by atoms with Gasteiger partial charge in [-0.2, -0.15) is 0 Å². The van der Waals surface area contributed by atoms with Gasteiger partial charge in [0.05, 0.1) is 12.0 Å². The van der Waals surface area contributed by atoms with Gasteiger partial charge in [0.2, 0.25) is 11.8 Å². The summed E-state index contributed by atoms with van der Waals surface area (Å²) in [5.74, 6) is 0.433. The van der Waals surface area contributed by atoms with Crippen molar-refractivity contribution in [3.63, 3.8) is 0 Å². The highest BCUT2D eigenvalue weighted by atomic mass is 16.3. The molecule has 0 aromatic heterocycles. The van der Waals surface area contributed by atoms with Crippen LogP contribution in [0.1, 0.15) is 52.0 Å². The minimum Gasteiger partial charge on any atom is -0.508 e. The fourth-order valence-corrected chi connectivity index (χ4v) is 5.64. The molecule has 2 amide bonds. The zero-order valence-corrected chi connectivity index (χ0v) is 19.9. The van der Waals surface area contributed by atoms with Crippen molar-refractivity contribution in [3.8, 4) is 5.75 Å². The number of phenolic OH excluding ortho intramolecular Hbond substituents is 1. The second kappa shape index (κ2) is 8.67. The minimum atomic E-state index is -0.444. The highest BCUT2D eigenvalue weighted by molar-refractivity contribution is 5.92. The van der Waals surface area contributed by atoms with Gasteiger partial charge in [0, 0.05) is 44.3 Å². The molecule has 7 heteroatoms. The molecule has 0 aliphatic carbocycles. The Morgan fingerprint density at radius 1 is 1.19 bits per heavy atom. The Morgan fingerprint density at radius 3 is 2.53 bits per heavy atom. The molecule has 0 unspecified atom stereocenters.